The second-order valence-electron chi connectivity index (χ2n) is 11.4. The van der Waals surface area contributed by atoms with Crippen LogP contribution in [0.15, 0.2) is 54.6 Å². The summed E-state index contributed by atoms with van der Waals surface area (Å²) in [6, 6.07) is 16.7. The number of benzene rings is 3. The molecule has 3 aromatic rings. The Bertz CT molecular complexity index is 1400. The van der Waals surface area contributed by atoms with Gasteiger partial charge in [0.05, 0.1) is 0 Å². The molecule has 2 amide bonds. The van der Waals surface area contributed by atoms with Crippen molar-refractivity contribution in [1.29, 1.82) is 0 Å². The maximum Gasteiger partial charge on any atom is 0.255 e. The molecule has 1 heterocycles. The summed E-state index contributed by atoms with van der Waals surface area (Å²) >= 11 is 5.96. The van der Waals surface area contributed by atoms with E-state index in [1.165, 1.54) is 29.2 Å². The zero-order valence-electron chi connectivity index (χ0n) is 24.0. The van der Waals surface area contributed by atoms with Crippen molar-refractivity contribution in [3.8, 4) is 22.6 Å². The highest BCUT2D eigenvalue weighted by Gasteiger charge is 2.26. The Kier molecular flexibility index (Phi) is 10.0. The summed E-state index contributed by atoms with van der Waals surface area (Å²) in [6.07, 6.45) is 8.42. The van der Waals surface area contributed by atoms with Crippen LogP contribution in [-0.2, 0) is 17.6 Å². The number of ether oxygens (including phenoxy) is 1. The first-order chi connectivity index (χ1) is 20.4. The van der Waals surface area contributed by atoms with Crippen LogP contribution < -0.4 is 15.8 Å². The zero-order chi connectivity index (χ0) is 29.5. The van der Waals surface area contributed by atoms with Gasteiger partial charge in [-0.1, -0.05) is 35.9 Å². The molecule has 4 N–H and O–H groups in total. The van der Waals surface area contributed by atoms with E-state index in [9.17, 15) is 14.7 Å². The van der Waals surface area contributed by atoms with Crippen molar-refractivity contribution in [1.82, 2.24) is 10.2 Å². The normalized spacial score (nSPS) is 15.6. The van der Waals surface area contributed by atoms with Crippen LogP contribution in [0.3, 0.4) is 0 Å². The Balaban J connectivity index is 1.06. The van der Waals surface area contributed by atoms with Gasteiger partial charge in [0.25, 0.3) is 11.8 Å². The Hall–Kier alpha value is -3.55. The number of piperidine rings is 1. The molecule has 8 heteroatoms. The van der Waals surface area contributed by atoms with Crippen LogP contribution in [0.25, 0.3) is 11.1 Å². The largest absolute Gasteiger partial charge is 0.507 e. The fourth-order valence-electron chi connectivity index (χ4n) is 6.23. The number of carbonyl (C=O) groups is 2. The summed E-state index contributed by atoms with van der Waals surface area (Å²) in [6.45, 7) is 3.54. The molecule has 1 fully saturated rings. The topological polar surface area (TPSA) is 105 Å². The predicted molar refractivity (Wildman–Crippen MR) is 166 cm³/mol. The van der Waals surface area contributed by atoms with Crippen LogP contribution in [0.4, 0.5) is 0 Å². The third-order valence-corrected chi connectivity index (χ3v) is 8.75. The summed E-state index contributed by atoms with van der Waals surface area (Å²) in [5, 5.41) is 14.1. The number of amides is 2. The molecule has 0 unspecified atom stereocenters. The van der Waals surface area contributed by atoms with Gasteiger partial charge in [0, 0.05) is 22.7 Å². The minimum absolute atomic E-state index is 0.0651. The first-order valence-corrected chi connectivity index (χ1v) is 15.4. The predicted octanol–water partition coefficient (Wildman–Crippen LogP) is 5.85. The third-order valence-electron chi connectivity index (χ3n) is 8.50. The van der Waals surface area contributed by atoms with Crippen molar-refractivity contribution in [2.24, 2.45) is 5.73 Å². The monoisotopic (exact) mass is 589 g/mol. The van der Waals surface area contributed by atoms with Gasteiger partial charge < -0.3 is 25.8 Å². The van der Waals surface area contributed by atoms with E-state index < -0.39 is 5.91 Å². The molecule has 0 atom stereocenters. The molecule has 1 saturated heterocycles. The van der Waals surface area contributed by atoms with Crippen molar-refractivity contribution in [2.75, 3.05) is 32.8 Å². The van der Waals surface area contributed by atoms with Gasteiger partial charge >= 0.3 is 0 Å². The molecule has 0 bridgehead atoms. The second-order valence-corrected chi connectivity index (χ2v) is 11.8. The van der Waals surface area contributed by atoms with Crippen LogP contribution in [0.2, 0.25) is 5.02 Å². The smallest absolute Gasteiger partial charge is 0.255 e. The van der Waals surface area contributed by atoms with Gasteiger partial charge in [-0.25, -0.2) is 0 Å². The van der Waals surface area contributed by atoms with Gasteiger partial charge in [-0.3, -0.25) is 9.59 Å². The number of primary amides is 1. The molecular weight excluding hydrogens is 550 g/mol. The summed E-state index contributed by atoms with van der Waals surface area (Å²) < 4.78 is 6.02. The number of hydrogen-bond acceptors (Lipinski definition) is 5. The molecule has 5 rings (SSSR count). The lowest BCUT2D eigenvalue weighted by Crippen LogP contribution is -2.34. The van der Waals surface area contributed by atoms with E-state index >= 15 is 0 Å². The number of halogens is 1. The maximum absolute atomic E-state index is 12.6. The number of aromatic hydroxyl groups is 1. The second kappa shape index (κ2) is 14.1. The van der Waals surface area contributed by atoms with Crippen molar-refractivity contribution in [3.63, 3.8) is 0 Å². The number of nitrogens with one attached hydrogen (secondary N) is 1. The van der Waals surface area contributed by atoms with E-state index in [1.54, 1.807) is 24.3 Å². The number of unbranched alkanes of at least 4 members (excludes halogenated alkanes) is 1. The van der Waals surface area contributed by atoms with E-state index in [2.05, 4.69) is 22.3 Å². The Morgan fingerprint density at radius 2 is 1.76 bits per heavy atom. The summed E-state index contributed by atoms with van der Waals surface area (Å²) in [5.41, 5.74) is 11.2. The molecule has 0 aromatic heterocycles. The molecule has 1 aliphatic carbocycles. The fraction of sp³-hybridized carbons (Fsp3) is 0.412. The molecule has 7 nitrogen and oxygen atoms in total. The number of aryl methyl sites for hydroxylation is 1. The number of rotatable bonds is 11. The number of hydrogen-bond donors (Lipinski definition) is 3. The molecule has 2 aliphatic rings. The number of fused-ring (bicyclic) bond motifs is 1. The molecule has 0 spiro atoms. The van der Waals surface area contributed by atoms with Crippen molar-refractivity contribution in [2.45, 2.75) is 57.3 Å². The lowest BCUT2D eigenvalue weighted by atomic mass is 9.83. The number of nitrogens with zero attached hydrogens (tertiary/aromatic N) is 1. The SMILES string of the molecule is NC(=O)COc1c(C2CCN(CCCCNC(=O)c3ccc(-c4ccc(Cl)cc4)c(O)c3)CC2)ccc2c1CCCC2. The van der Waals surface area contributed by atoms with E-state index in [4.69, 9.17) is 22.1 Å². The average molecular weight is 590 g/mol. The lowest BCUT2D eigenvalue weighted by Gasteiger charge is -2.34. The Morgan fingerprint density at radius 3 is 2.50 bits per heavy atom. The highest BCUT2D eigenvalue weighted by atomic mass is 35.5. The Morgan fingerprint density at radius 1 is 1.00 bits per heavy atom. The van der Waals surface area contributed by atoms with E-state index in [0.717, 1.165) is 75.9 Å². The van der Waals surface area contributed by atoms with E-state index in [1.807, 2.05) is 12.1 Å². The average Bonchev–Trinajstić information content (AvgIpc) is 3.00. The first-order valence-electron chi connectivity index (χ1n) is 15.0. The molecular formula is C34H40ClN3O4. The van der Waals surface area contributed by atoms with Gasteiger partial charge in [-0.05, 0) is 130 Å². The van der Waals surface area contributed by atoms with Gasteiger partial charge in [0.1, 0.15) is 11.5 Å². The van der Waals surface area contributed by atoms with E-state index in [0.29, 0.717) is 28.6 Å². The standard InChI is InChI=1S/C34H40ClN3O4/c35-27-11-7-24(8-12-27)28-13-10-26(21-31(28)39)34(41)37-17-3-4-18-38-19-15-25(16-20-38)30-14-9-23-5-1-2-6-29(23)33(30)42-22-32(36)40/h7-14,21,25,39H,1-6,15-20,22H2,(H2,36,40)(H,37,41). The quantitative estimate of drug-likeness (QED) is 0.244. The van der Waals surface area contributed by atoms with Crippen LogP contribution >= 0.6 is 11.6 Å². The molecule has 3 aromatic carbocycles. The van der Waals surface area contributed by atoms with Crippen LogP contribution in [0, 0.1) is 0 Å². The van der Waals surface area contributed by atoms with Crippen molar-refractivity contribution >= 4 is 23.4 Å². The van der Waals surface area contributed by atoms with Gasteiger partial charge in [0.15, 0.2) is 6.61 Å². The number of nitrogens with two attached hydrogens (primary N) is 1. The van der Waals surface area contributed by atoms with Crippen molar-refractivity contribution in [3.05, 3.63) is 81.9 Å². The zero-order valence-corrected chi connectivity index (χ0v) is 24.8. The minimum atomic E-state index is -0.439. The number of likely N-dealkylation sites (tertiary alicyclic amines) is 1. The minimum Gasteiger partial charge on any atom is -0.507 e. The number of phenols is 1. The molecule has 1 aliphatic heterocycles. The Labute approximate surface area is 253 Å². The van der Waals surface area contributed by atoms with Crippen LogP contribution in [0.5, 0.6) is 11.5 Å². The summed E-state index contributed by atoms with van der Waals surface area (Å²) in [5.74, 6) is 0.764. The van der Waals surface area contributed by atoms with Crippen LogP contribution in [-0.4, -0.2) is 54.6 Å². The highest BCUT2D eigenvalue weighted by molar-refractivity contribution is 6.30. The van der Waals surface area contributed by atoms with Gasteiger partial charge in [-0.15, -0.1) is 0 Å². The maximum atomic E-state index is 12.6. The van der Waals surface area contributed by atoms with E-state index in [-0.39, 0.29) is 18.3 Å². The highest BCUT2D eigenvalue weighted by Crippen LogP contribution is 2.40. The molecule has 42 heavy (non-hydrogen) atoms. The first kappa shape index (κ1) is 29.9. The van der Waals surface area contributed by atoms with Gasteiger partial charge in [0.2, 0.25) is 0 Å². The molecule has 222 valence electrons. The van der Waals surface area contributed by atoms with Crippen molar-refractivity contribution < 1.29 is 19.4 Å². The summed E-state index contributed by atoms with van der Waals surface area (Å²) in [4.78, 5) is 26.6. The third kappa shape index (κ3) is 7.44. The molecule has 0 saturated carbocycles. The fourth-order valence-corrected chi connectivity index (χ4v) is 6.35. The molecule has 0 radical (unpaired) electrons. The summed E-state index contributed by atoms with van der Waals surface area (Å²) in [7, 11) is 0. The number of phenolic OH excluding ortho intramolecular Hbond substituents is 1. The van der Waals surface area contributed by atoms with Gasteiger partial charge in [-0.2, -0.15) is 0 Å². The lowest BCUT2D eigenvalue weighted by molar-refractivity contribution is -0.120. The van der Waals surface area contributed by atoms with Crippen LogP contribution in [0.1, 0.15) is 71.5 Å². The number of carbonyl (C=O) groups excluding carboxylic acids is 2.